The molecular formula is C15H25N3S. The van der Waals surface area contributed by atoms with Gasteiger partial charge in [0.2, 0.25) is 0 Å². The lowest BCUT2D eigenvalue weighted by Crippen LogP contribution is -2.29. The summed E-state index contributed by atoms with van der Waals surface area (Å²) in [6.45, 7) is 6.80. The van der Waals surface area contributed by atoms with Crippen LogP contribution in [0.25, 0.3) is 0 Å². The fraction of sp³-hybridized carbons (Fsp3) is 0.800. The molecule has 0 aromatic carbocycles. The van der Waals surface area contributed by atoms with Gasteiger partial charge in [0, 0.05) is 23.7 Å². The maximum Gasteiger partial charge on any atom is 0.0631 e. The zero-order valence-electron chi connectivity index (χ0n) is 12.1. The first-order valence-electron chi connectivity index (χ1n) is 7.61. The Labute approximate surface area is 120 Å². The Balaban J connectivity index is 1.86. The molecule has 3 rings (SSSR count). The van der Waals surface area contributed by atoms with E-state index < -0.39 is 0 Å². The van der Waals surface area contributed by atoms with Crippen LogP contribution in [-0.4, -0.2) is 34.4 Å². The highest BCUT2D eigenvalue weighted by atomic mass is 32.2. The number of aromatic nitrogens is 2. The predicted octanol–water partition coefficient (Wildman–Crippen LogP) is 3.04. The van der Waals surface area contributed by atoms with E-state index in [0.29, 0.717) is 12.0 Å². The molecule has 3 heterocycles. The molecule has 0 saturated carbocycles. The van der Waals surface area contributed by atoms with Crippen molar-refractivity contribution in [2.24, 2.45) is 0 Å². The van der Waals surface area contributed by atoms with Crippen LogP contribution in [0.15, 0.2) is 0 Å². The molecule has 1 aromatic rings. The van der Waals surface area contributed by atoms with Gasteiger partial charge in [-0.25, -0.2) is 0 Å². The number of nitrogens with one attached hydrogen (secondary N) is 1. The highest BCUT2D eigenvalue weighted by molar-refractivity contribution is 7.99. The van der Waals surface area contributed by atoms with Gasteiger partial charge in [0.05, 0.1) is 11.7 Å². The smallest absolute Gasteiger partial charge is 0.0631 e. The van der Waals surface area contributed by atoms with Gasteiger partial charge in [-0.2, -0.15) is 16.9 Å². The molecular weight excluding hydrogens is 254 g/mol. The minimum absolute atomic E-state index is 0.644. The lowest BCUT2D eigenvalue weighted by atomic mass is 9.90. The third-order valence-electron chi connectivity index (χ3n) is 4.62. The van der Waals surface area contributed by atoms with Crippen molar-refractivity contribution in [2.75, 3.05) is 24.6 Å². The van der Waals surface area contributed by atoms with E-state index in [2.05, 4.69) is 35.6 Å². The van der Waals surface area contributed by atoms with Crippen molar-refractivity contribution in [3.05, 3.63) is 17.0 Å². The van der Waals surface area contributed by atoms with Crippen LogP contribution in [0, 0.1) is 13.8 Å². The van der Waals surface area contributed by atoms with Gasteiger partial charge in [0.25, 0.3) is 0 Å². The lowest BCUT2D eigenvalue weighted by Gasteiger charge is -2.25. The van der Waals surface area contributed by atoms with Gasteiger partial charge in [0.1, 0.15) is 0 Å². The second-order valence-corrected chi connectivity index (χ2v) is 7.14. The molecule has 1 N–H and O–H groups in total. The van der Waals surface area contributed by atoms with Crippen molar-refractivity contribution in [1.29, 1.82) is 0 Å². The molecule has 4 heteroatoms. The van der Waals surface area contributed by atoms with Crippen LogP contribution in [0.4, 0.5) is 0 Å². The van der Waals surface area contributed by atoms with E-state index in [0.717, 1.165) is 6.54 Å². The Bertz CT molecular complexity index is 429. The van der Waals surface area contributed by atoms with Crippen molar-refractivity contribution >= 4 is 11.8 Å². The van der Waals surface area contributed by atoms with Crippen molar-refractivity contribution in [3.8, 4) is 0 Å². The Kier molecular flexibility index (Phi) is 4.18. The molecule has 0 spiro atoms. The van der Waals surface area contributed by atoms with Gasteiger partial charge in [0.15, 0.2) is 0 Å². The molecule has 2 aliphatic rings. The fourth-order valence-electron chi connectivity index (χ4n) is 3.65. The molecule has 106 valence electrons. The first-order valence-corrected chi connectivity index (χ1v) is 8.77. The Hall–Kier alpha value is -0.480. The van der Waals surface area contributed by atoms with Crippen molar-refractivity contribution in [1.82, 2.24) is 15.1 Å². The van der Waals surface area contributed by atoms with Crippen LogP contribution >= 0.6 is 11.8 Å². The minimum atomic E-state index is 0.644. The second kappa shape index (κ2) is 5.88. The summed E-state index contributed by atoms with van der Waals surface area (Å²) >= 11 is 2.09. The number of hydrogen-bond acceptors (Lipinski definition) is 3. The van der Waals surface area contributed by atoms with Crippen LogP contribution in [-0.2, 0) is 0 Å². The van der Waals surface area contributed by atoms with Crippen LogP contribution in [0.3, 0.4) is 0 Å². The fourth-order valence-corrected chi connectivity index (χ4v) is 4.73. The SMILES string of the molecule is Cc1nn(C2CCSCC2)c(C)c1C1CCCNC1. The molecule has 2 saturated heterocycles. The van der Waals surface area contributed by atoms with Gasteiger partial charge in [-0.05, 0) is 57.6 Å². The first kappa shape index (κ1) is 13.5. The van der Waals surface area contributed by atoms with E-state index in [4.69, 9.17) is 5.10 Å². The number of rotatable bonds is 2. The third-order valence-corrected chi connectivity index (χ3v) is 5.67. The summed E-state index contributed by atoms with van der Waals surface area (Å²) in [6, 6.07) is 0.644. The summed E-state index contributed by atoms with van der Waals surface area (Å²) < 4.78 is 2.35. The average Bonchev–Trinajstić information content (AvgIpc) is 2.76. The lowest BCUT2D eigenvalue weighted by molar-refractivity contribution is 0.414. The summed E-state index contributed by atoms with van der Waals surface area (Å²) in [4.78, 5) is 0. The predicted molar refractivity (Wildman–Crippen MR) is 82.1 cm³/mol. The highest BCUT2D eigenvalue weighted by Gasteiger charge is 2.26. The van der Waals surface area contributed by atoms with Crippen molar-refractivity contribution in [2.45, 2.75) is 51.5 Å². The summed E-state index contributed by atoms with van der Waals surface area (Å²) in [6.07, 6.45) is 5.19. The van der Waals surface area contributed by atoms with Gasteiger partial charge < -0.3 is 5.32 Å². The van der Waals surface area contributed by atoms with E-state index in [9.17, 15) is 0 Å². The van der Waals surface area contributed by atoms with Gasteiger partial charge >= 0.3 is 0 Å². The van der Waals surface area contributed by atoms with E-state index in [1.807, 2.05) is 0 Å². The molecule has 0 radical (unpaired) electrons. The molecule has 0 aliphatic carbocycles. The minimum Gasteiger partial charge on any atom is -0.316 e. The van der Waals surface area contributed by atoms with E-state index >= 15 is 0 Å². The number of thioether (sulfide) groups is 1. The maximum atomic E-state index is 4.89. The topological polar surface area (TPSA) is 29.9 Å². The number of piperidine rings is 1. The highest BCUT2D eigenvalue weighted by Crippen LogP contribution is 2.33. The standard InChI is InChI=1S/C15H25N3S/c1-11-15(13-4-3-7-16-10-13)12(2)18(17-11)14-5-8-19-9-6-14/h13-14,16H,3-10H2,1-2H3. The molecule has 0 bridgehead atoms. The van der Waals surface area contributed by atoms with Gasteiger partial charge in [-0.15, -0.1) is 0 Å². The molecule has 2 fully saturated rings. The van der Waals surface area contributed by atoms with Crippen molar-refractivity contribution in [3.63, 3.8) is 0 Å². The van der Waals surface area contributed by atoms with Crippen LogP contribution in [0.1, 0.15) is 54.6 Å². The van der Waals surface area contributed by atoms with Crippen LogP contribution in [0.5, 0.6) is 0 Å². The third kappa shape index (κ3) is 2.70. The largest absolute Gasteiger partial charge is 0.316 e. The van der Waals surface area contributed by atoms with E-state index in [1.54, 1.807) is 0 Å². The van der Waals surface area contributed by atoms with Gasteiger partial charge in [-0.1, -0.05) is 0 Å². The molecule has 3 nitrogen and oxygen atoms in total. The molecule has 2 aliphatic heterocycles. The average molecular weight is 279 g/mol. The summed E-state index contributed by atoms with van der Waals surface area (Å²) in [5, 5.41) is 8.42. The molecule has 1 atom stereocenters. The Morgan fingerprint density at radius 3 is 2.68 bits per heavy atom. The maximum absolute atomic E-state index is 4.89. The second-order valence-electron chi connectivity index (χ2n) is 5.92. The van der Waals surface area contributed by atoms with Crippen LogP contribution in [0.2, 0.25) is 0 Å². The van der Waals surface area contributed by atoms with Crippen molar-refractivity contribution < 1.29 is 0 Å². The summed E-state index contributed by atoms with van der Waals surface area (Å²) in [7, 11) is 0. The summed E-state index contributed by atoms with van der Waals surface area (Å²) in [5.74, 6) is 3.27. The number of aryl methyl sites for hydroxylation is 1. The molecule has 1 unspecified atom stereocenters. The molecule has 0 amide bonds. The number of nitrogens with zero attached hydrogens (tertiary/aromatic N) is 2. The molecule has 19 heavy (non-hydrogen) atoms. The zero-order valence-corrected chi connectivity index (χ0v) is 12.9. The van der Waals surface area contributed by atoms with Crippen LogP contribution < -0.4 is 5.32 Å². The first-order chi connectivity index (χ1) is 9.27. The molecule has 1 aromatic heterocycles. The van der Waals surface area contributed by atoms with E-state index in [1.165, 1.54) is 60.7 Å². The quantitative estimate of drug-likeness (QED) is 0.902. The number of hydrogen-bond donors (Lipinski definition) is 1. The summed E-state index contributed by atoms with van der Waals surface area (Å²) in [5.41, 5.74) is 4.23. The Morgan fingerprint density at radius 1 is 1.21 bits per heavy atom. The zero-order chi connectivity index (χ0) is 13.2. The normalized spacial score (nSPS) is 25.7. The Morgan fingerprint density at radius 2 is 2.00 bits per heavy atom. The van der Waals surface area contributed by atoms with Gasteiger partial charge in [-0.3, -0.25) is 4.68 Å². The monoisotopic (exact) mass is 279 g/mol. The van der Waals surface area contributed by atoms with E-state index in [-0.39, 0.29) is 0 Å².